The van der Waals surface area contributed by atoms with Gasteiger partial charge in [-0.1, -0.05) is 44.2 Å². The summed E-state index contributed by atoms with van der Waals surface area (Å²) in [5, 5.41) is 46.7. The zero-order chi connectivity index (χ0) is 57.5. The van der Waals surface area contributed by atoms with Gasteiger partial charge in [0.2, 0.25) is 17.7 Å². The van der Waals surface area contributed by atoms with Crippen LogP contribution in [0.5, 0.6) is 0 Å². The first-order chi connectivity index (χ1) is 39.0. The van der Waals surface area contributed by atoms with E-state index in [0.717, 1.165) is 22.7 Å². The molecule has 4 atom stereocenters. The molecule has 6 amide bonds. The summed E-state index contributed by atoms with van der Waals surface area (Å²) in [5.74, 6) is -4.30. The third kappa shape index (κ3) is 13.8. The van der Waals surface area contributed by atoms with Crippen molar-refractivity contribution in [1.29, 1.82) is 0 Å². The van der Waals surface area contributed by atoms with Crippen LogP contribution in [-0.4, -0.2) is 107 Å². The monoisotopic (exact) mass is 1210 g/mol. The molecule has 0 saturated heterocycles. The lowest BCUT2D eigenvalue weighted by molar-refractivity contribution is -0.137. The number of fused-ring (bicyclic) bond motifs is 14. The SMILES string of the molecule is CNC(=O)C[C@@H]1NC(=O)c2csc(n2)-c2ccc(-c3nc(NC(=O)CCCC(=O)O)cs3)nc2-c2csc(n2)-c2csc(n2)[C@H]([C@@H](O)c2ccccc2)NC(=O)CNC(=O)c2nc(sc2COC)[C@H](C(C)C)NC(=O)c2nc1sc2C. The first-order valence-corrected chi connectivity index (χ1v) is 30.1. The van der Waals surface area contributed by atoms with E-state index >= 15 is 0 Å². The van der Waals surface area contributed by atoms with Crippen molar-refractivity contribution >= 4 is 115 Å². The second kappa shape index (κ2) is 25.9. The summed E-state index contributed by atoms with van der Waals surface area (Å²) in [7, 11) is 2.93. The number of rotatable bonds is 13. The Kier molecular flexibility index (Phi) is 18.5. The third-order valence-electron chi connectivity index (χ3n) is 12.3. The molecule has 0 fully saturated rings. The third-order valence-corrected chi connectivity index (χ3v) is 18.0. The maximum Gasteiger partial charge on any atom is 0.303 e. The quantitative estimate of drug-likeness (QED) is 0.0553. The van der Waals surface area contributed by atoms with Gasteiger partial charge >= 0.3 is 5.97 Å². The van der Waals surface area contributed by atoms with Crippen molar-refractivity contribution in [3.63, 3.8) is 0 Å². The van der Waals surface area contributed by atoms with Crippen molar-refractivity contribution < 1.29 is 48.5 Å². The minimum Gasteiger partial charge on any atom is -0.481 e. The predicted molar refractivity (Wildman–Crippen MR) is 307 cm³/mol. The van der Waals surface area contributed by atoms with Crippen molar-refractivity contribution in [2.45, 2.75) is 77.3 Å². The van der Waals surface area contributed by atoms with Crippen molar-refractivity contribution in [3.8, 4) is 43.4 Å². The first kappa shape index (κ1) is 58.0. The van der Waals surface area contributed by atoms with Crippen LogP contribution >= 0.6 is 68.0 Å². The number of ether oxygens (including phenoxy) is 1. The fraction of sp³-hybridized carbons (Fsp3) is 0.308. The van der Waals surface area contributed by atoms with Gasteiger partial charge in [0, 0.05) is 59.0 Å². The summed E-state index contributed by atoms with van der Waals surface area (Å²) in [6.07, 6.45) is -1.51. The molecule has 8 N–H and O–H groups in total. The van der Waals surface area contributed by atoms with E-state index in [2.05, 4.69) is 46.9 Å². The van der Waals surface area contributed by atoms with Crippen molar-refractivity contribution in [3.05, 3.63) is 111 Å². The van der Waals surface area contributed by atoms with Gasteiger partial charge in [-0.3, -0.25) is 33.6 Å². The zero-order valence-corrected chi connectivity index (χ0v) is 48.6. The second-order valence-corrected chi connectivity index (χ2v) is 24.3. The smallest absolute Gasteiger partial charge is 0.303 e. The van der Waals surface area contributed by atoms with Crippen LogP contribution in [0.4, 0.5) is 5.82 Å². The van der Waals surface area contributed by atoms with Crippen LogP contribution in [-0.2, 0) is 30.5 Å². The zero-order valence-electron chi connectivity index (χ0n) is 43.7. The van der Waals surface area contributed by atoms with E-state index in [1.165, 1.54) is 59.5 Å². The van der Waals surface area contributed by atoms with Crippen LogP contribution in [0.15, 0.2) is 64.0 Å². The molecule has 1 aliphatic rings. The lowest BCUT2D eigenvalue weighted by Crippen LogP contribution is -2.40. The van der Waals surface area contributed by atoms with Crippen LogP contribution in [0.25, 0.3) is 43.4 Å². The normalized spacial score (nSPS) is 16.4. The number of carboxylic acid groups (broad SMARTS) is 1. The topological polar surface area (TPSA) is 332 Å². The summed E-state index contributed by atoms with van der Waals surface area (Å²) < 4.78 is 5.44. The highest BCUT2D eigenvalue weighted by molar-refractivity contribution is 7.15. The van der Waals surface area contributed by atoms with Gasteiger partial charge < -0.3 is 46.9 Å². The number of carbonyl (C=O) groups excluding carboxylic acids is 6. The highest BCUT2D eigenvalue weighted by atomic mass is 32.1. The molecule has 0 unspecified atom stereocenters. The standard InChI is InChI=1S/C52H51N13O10S6/c1-23(2)38-52-65-41(32(81-52)18-75-5)45(73)54-17-36(68)62-42(43(71)25-10-7-6-8-11-25)51-59-31(21-78-51)49-57-29(19-77-49)40-26(14-15-27(55-40)48-61-33(22-79-48)60-34(66)12-9-13-37(69)70)47-58-30(20-76-47)44(72)56-28(16-35(67)53-4)50-64-39(24(3)80-50)46(74)63-38/h6-8,10-11,14-15,19-23,28,38,42-43,71H,9,12-13,16-18H2,1-5H3,(H,53,67)(H,54,73)(H,56,72)(H,60,66)(H,62,68)(H,63,74)(H,69,70)/t28-,38-,42-,43-/m0/s1. The number of carbonyl (C=O) groups is 7. The number of hydrogen-bond donors (Lipinski definition) is 8. The average molecular weight is 1210 g/mol. The van der Waals surface area contributed by atoms with E-state index in [1.807, 2.05) is 13.8 Å². The number of benzene rings is 1. The molecule has 0 radical (unpaired) electrons. The summed E-state index contributed by atoms with van der Waals surface area (Å²) >= 11 is 7.12. The number of aliphatic carboxylic acids is 1. The molecule has 0 aliphatic carbocycles. The van der Waals surface area contributed by atoms with Crippen LogP contribution in [0.3, 0.4) is 0 Å². The molecule has 10 bridgehead atoms. The molecule has 1 aliphatic heterocycles. The molecule has 8 heterocycles. The predicted octanol–water partition coefficient (Wildman–Crippen LogP) is 7.51. The van der Waals surface area contributed by atoms with Gasteiger partial charge in [-0.25, -0.2) is 34.9 Å². The van der Waals surface area contributed by atoms with Crippen molar-refractivity contribution in [1.82, 2.24) is 61.5 Å². The Morgan fingerprint density at radius 3 is 2.16 bits per heavy atom. The van der Waals surface area contributed by atoms with Gasteiger partial charge in [0.25, 0.3) is 17.7 Å². The fourth-order valence-corrected chi connectivity index (χ4v) is 13.7. The van der Waals surface area contributed by atoms with Gasteiger partial charge in [-0.05, 0) is 37.0 Å². The number of thiazole rings is 6. The number of methoxy groups -OCH3 is 1. The highest BCUT2D eigenvalue weighted by Gasteiger charge is 2.33. The molecule has 1 aromatic carbocycles. The minimum absolute atomic E-state index is 0.000750. The van der Waals surface area contributed by atoms with E-state index in [4.69, 9.17) is 29.8 Å². The minimum atomic E-state index is -1.28. The van der Waals surface area contributed by atoms with Gasteiger partial charge in [0.15, 0.2) is 0 Å². The fourth-order valence-electron chi connectivity index (χ4n) is 8.25. The summed E-state index contributed by atoms with van der Waals surface area (Å²) in [5.41, 5.74) is 2.62. The average Bonchev–Trinajstić information content (AvgIpc) is 4.33. The number of pyridine rings is 1. The Morgan fingerprint density at radius 2 is 1.41 bits per heavy atom. The number of aliphatic hydroxyl groups excluding tert-OH is 1. The van der Waals surface area contributed by atoms with Gasteiger partial charge in [0.05, 0.1) is 42.2 Å². The molecule has 7 aromatic heterocycles. The molecule has 23 nitrogen and oxygen atoms in total. The van der Waals surface area contributed by atoms with Crippen LogP contribution < -0.4 is 31.9 Å². The number of hydrogen-bond acceptors (Lipinski definition) is 22. The van der Waals surface area contributed by atoms with E-state index in [-0.39, 0.29) is 66.1 Å². The Bertz CT molecular complexity index is 3640. The number of anilines is 1. The number of nitrogens with one attached hydrogen (secondary N) is 6. The molecule has 0 spiro atoms. The molecule has 8 aromatic rings. The largest absolute Gasteiger partial charge is 0.481 e. The number of amides is 6. The number of nitrogens with zero attached hydrogens (tertiary/aromatic N) is 7. The summed E-state index contributed by atoms with van der Waals surface area (Å²) in [6, 6.07) is 9.41. The van der Waals surface area contributed by atoms with Crippen LogP contribution in [0.1, 0.15) is 126 Å². The number of carboxylic acids is 1. The van der Waals surface area contributed by atoms with Gasteiger partial charge in [0.1, 0.15) is 82.2 Å². The van der Waals surface area contributed by atoms with E-state index in [0.29, 0.717) is 68.7 Å². The second-order valence-electron chi connectivity index (χ2n) is 18.5. The molecular weight excluding hydrogens is 1160 g/mol. The molecule has 420 valence electrons. The molecular formula is C52H51N13O10S6. The Labute approximate surface area is 486 Å². The van der Waals surface area contributed by atoms with E-state index in [9.17, 15) is 38.7 Å². The molecule has 81 heavy (non-hydrogen) atoms. The Hall–Kier alpha value is -7.64. The first-order valence-electron chi connectivity index (χ1n) is 24.9. The van der Waals surface area contributed by atoms with E-state index < -0.39 is 72.2 Å². The lowest BCUT2D eigenvalue weighted by Gasteiger charge is -2.23. The van der Waals surface area contributed by atoms with E-state index in [1.54, 1.807) is 70.9 Å². The maximum atomic E-state index is 14.3. The number of aromatic nitrogens is 7. The highest BCUT2D eigenvalue weighted by Crippen LogP contribution is 2.40. The van der Waals surface area contributed by atoms with Gasteiger partial charge in [-0.2, -0.15) is 0 Å². The van der Waals surface area contributed by atoms with Crippen LogP contribution in [0, 0.1) is 12.8 Å². The maximum absolute atomic E-state index is 14.3. The van der Waals surface area contributed by atoms with Crippen LogP contribution in [0.2, 0.25) is 0 Å². The van der Waals surface area contributed by atoms with Gasteiger partial charge in [-0.15, -0.1) is 68.0 Å². The molecule has 29 heteroatoms. The number of aryl methyl sites for hydroxylation is 1. The lowest BCUT2D eigenvalue weighted by atomic mass is 10.0. The Morgan fingerprint density at radius 1 is 0.691 bits per heavy atom. The summed E-state index contributed by atoms with van der Waals surface area (Å²) in [6.45, 7) is 4.94. The molecule has 9 rings (SSSR count). The summed E-state index contributed by atoms with van der Waals surface area (Å²) in [4.78, 5) is 128. The Balaban J connectivity index is 1.12. The number of aliphatic hydroxyl groups is 1. The van der Waals surface area contributed by atoms with Crippen molar-refractivity contribution in [2.75, 3.05) is 26.0 Å². The van der Waals surface area contributed by atoms with Crippen molar-refractivity contribution in [2.24, 2.45) is 5.92 Å². The molecule has 0 saturated carbocycles.